The van der Waals surface area contributed by atoms with Gasteiger partial charge in [-0.2, -0.15) is 0 Å². The maximum absolute atomic E-state index is 13.4. The van der Waals surface area contributed by atoms with Crippen LogP contribution in [0.15, 0.2) is 29.4 Å². The lowest BCUT2D eigenvalue weighted by atomic mass is 9.91. The van der Waals surface area contributed by atoms with Crippen molar-refractivity contribution in [3.05, 3.63) is 46.5 Å². The van der Waals surface area contributed by atoms with Crippen LogP contribution in [0, 0.1) is 5.82 Å². The number of hydrogen-bond donors (Lipinski definition) is 2. The van der Waals surface area contributed by atoms with E-state index >= 15 is 0 Å². The Morgan fingerprint density at radius 2 is 2.10 bits per heavy atom. The minimum absolute atomic E-state index is 0.213. The molecule has 4 heterocycles. The van der Waals surface area contributed by atoms with Crippen LogP contribution in [0.25, 0.3) is 6.08 Å². The third kappa shape index (κ3) is 4.37. The van der Waals surface area contributed by atoms with Crippen LogP contribution >= 0.6 is 11.8 Å². The van der Waals surface area contributed by atoms with Gasteiger partial charge in [0.2, 0.25) is 11.8 Å². The van der Waals surface area contributed by atoms with Gasteiger partial charge in [0, 0.05) is 23.8 Å². The maximum atomic E-state index is 13.4. The molecule has 11 heteroatoms. The number of thioether (sulfide) groups is 1. The van der Waals surface area contributed by atoms with Crippen molar-refractivity contribution in [3.63, 3.8) is 0 Å². The van der Waals surface area contributed by atoms with E-state index in [9.17, 15) is 14.0 Å². The number of carbonyl (C=O) groups excluding carboxylic acids is 2. The Morgan fingerprint density at radius 1 is 1.26 bits per heavy atom. The molecule has 0 spiro atoms. The normalized spacial score (nSPS) is 24.7. The van der Waals surface area contributed by atoms with Crippen molar-refractivity contribution in [2.24, 2.45) is 0 Å². The summed E-state index contributed by atoms with van der Waals surface area (Å²) in [6.07, 6.45) is 8.01. The SMILES string of the molecule is O=C1NC(=O)/C(=C/c2ccnc(N[C@H]3CC[C@H](N4Cc5cc(F)cnc5O4)CC3)n2)S1. The Balaban J connectivity index is 1.17. The number of amides is 2. The van der Waals surface area contributed by atoms with Crippen LogP contribution in [0.4, 0.5) is 15.1 Å². The largest absolute Gasteiger partial charge is 0.385 e. The lowest BCUT2D eigenvalue weighted by Crippen LogP contribution is -2.40. The number of hydrogen-bond acceptors (Lipinski definition) is 9. The van der Waals surface area contributed by atoms with Crippen molar-refractivity contribution in [1.29, 1.82) is 0 Å². The Morgan fingerprint density at radius 3 is 2.87 bits per heavy atom. The van der Waals surface area contributed by atoms with Crippen LogP contribution < -0.4 is 15.5 Å². The number of pyridine rings is 1. The summed E-state index contributed by atoms with van der Waals surface area (Å²) in [6, 6.07) is 3.61. The van der Waals surface area contributed by atoms with Gasteiger partial charge in [0.1, 0.15) is 5.82 Å². The van der Waals surface area contributed by atoms with Gasteiger partial charge < -0.3 is 10.2 Å². The fourth-order valence-electron chi connectivity index (χ4n) is 3.95. The molecular weight excluding hydrogens is 423 g/mol. The van der Waals surface area contributed by atoms with Crippen LogP contribution in [-0.2, 0) is 11.3 Å². The molecule has 3 aliphatic rings. The third-order valence-electron chi connectivity index (χ3n) is 5.46. The van der Waals surface area contributed by atoms with E-state index in [1.807, 2.05) is 5.06 Å². The molecule has 160 valence electrons. The van der Waals surface area contributed by atoms with Crippen LogP contribution in [0.5, 0.6) is 5.88 Å². The summed E-state index contributed by atoms with van der Waals surface area (Å²) in [5, 5.41) is 7.09. The predicted octanol–water partition coefficient (Wildman–Crippen LogP) is 2.87. The second-order valence-electron chi connectivity index (χ2n) is 7.59. The molecule has 0 radical (unpaired) electrons. The second-order valence-corrected chi connectivity index (χ2v) is 8.61. The molecule has 2 fully saturated rings. The number of nitrogens with zero attached hydrogens (tertiary/aromatic N) is 4. The van der Waals surface area contributed by atoms with Gasteiger partial charge in [-0.1, -0.05) is 0 Å². The summed E-state index contributed by atoms with van der Waals surface area (Å²) >= 11 is 0.858. The molecule has 1 aliphatic carbocycles. The molecule has 2 aliphatic heterocycles. The highest BCUT2D eigenvalue weighted by molar-refractivity contribution is 8.18. The molecule has 9 nitrogen and oxygen atoms in total. The van der Waals surface area contributed by atoms with Gasteiger partial charge >= 0.3 is 0 Å². The molecular formula is C20H19FN6O3S. The lowest BCUT2D eigenvalue weighted by molar-refractivity contribution is -0.115. The van der Waals surface area contributed by atoms with Crippen molar-refractivity contribution < 1.29 is 18.8 Å². The van der Waals surface area contributed by atoms with E-state index in [2.05, 4.69) is 25.6 Å². The quantitative estimate of drug-likeness (QED) is 0.691. The van der Waals surface area contributed by atoms with Gasteiger partial charge in [-0.15, -0.1) is 5.06 Å². The van der Waals surface area contributed by atoms with Crippen LogP contribution in [0.1, 0.15) is 36.9 Å². The van der Waals surface area contributed by atoms with Crippen LogP contribution in [0.2, 0.25) is 0 Å². The summed E-state index contributed by atoms with van der Waals surface area (Å²) in [6.45, 7) is 0.538. The van der Waals surface area contributed by atoms with Crippen molar-refractivity contribution in [2.45, 2.75) is 44.3 Å². The van der Waals surface area contributed by atoms with Gasteiger partial charge in [-0.25, -0.2) is 19.3 Å². The molecule has 1 saturated heterocycles. The number of halogens is 1. The number of carbonyl (C=O) groups is 2. The van der Waals surface area contributed by atoms with Gasteiger partial charge in [0.05, 0.1) is 23.3 Å². The summed E-state index contributed by atoms with van der Waals surface area (Å²) in [5.41, 5.74) is 1.33. The summed E-state index contributed by atoms with van der Waals surface area (Å²) in [5.74, 6) is 0.202. The molecule has 1 saturated carbocycles. The molecule has 2 N–H and O–H groups in total. The standard InChI is InChI=1S/C20H19FN6O3S/c21-12-7-11-10-27(30-18(11)23-9-12)15-3-1-13(2-4-15)24-19-22-6-5-14(25-19)8-16-17(28)26-20(29)31-16/h5-9,13,15H,1-4,10H2,(H,22,24,25)(H,26,28,29)/b16-8-/t13-,15-. The van der Waals surface area contributed by atoms with Crippen molar-refractivity contribution in [2.75, 3.05) is 5.32 Å². The molecule has 31 heavy (non-hydrogen) atoms. The third-order valence-corrected chi connectivity index (χ3v) is 6.27. The second kappa shape index (κ2) is 8.23. The molecule has 5 rings (SSSR count). The molecule has 2 aromatic heterocycles. The van der Waals surface area contributed by atoms with Gasteiger partial charge in [-0.3, -0.25) is 14.9 Å². The number of fused-ring (bicyclic) bond motifs is 1. The highest BCUT2D eigenvalue weighted by Gasteiger charge is 2.32. The predicted molar refractivity (Wildman–Crippen MR) is 111 cm³/mol. The van der Waals surface area contributed by atoms with Gasteiger partial charge in [0.15, 0.2) is 0 Å². The molecule has 0 bridgehead atoms. The van der Waals surface area contributed by atoms with Crippen molar-refractivity contribution >= 4 is 34.9 Å². The first kappa shape index (κ1) is 19.9. The lowest BCUT2D eigenvalue weighted by Gasteiger charge is -2.33. The number of hydroxylamine groups is 2. The molecule has 0 atom stereocenters. The first-order chi connectivity index (χ1) is 15.0. The zero-order chi connectivity index (χ0) is 21.4. The zero-order valence-corrected chi connectivity index (χ0v) is 17.2. The number of anilines is 1. The molecule has 2 aromatic rings. The maximum Gasteiger partial charge on any atom is 0.290 e. The Bertz CT molecular complexity index is 1070. The van der Waals surface area contributed by atoms with E-state index in [1.165, 1.54) is 12.3 Å². The van der Waals surface area contributed by atoms with E-state index in [0.717, 1.165) is 43.0 Å². The first-order valence-electron chi connectivity index (χ1n) is 9.97. The number of nitrogens with one attached hydrogen (secondary N) is 2. The zero-order valence-electron chi connectivity index (χ0n) is 16.4. The van der Waals surface area contributed by atoms with Crippen LogP contribution in [-0.4, -0.2) is 43.2 Å². The minimum atomic E-state index is -0.411. The average Bonchev–Trinajstić information content (AvgIpc) is 3.30. The highest BCUT2D eigenvalue weighted by Crippen LogP contribution is 2.33. The van der Waals surface area contributed by atoms with E-state index in [0.29, 0.717) is 29.0 Å². The number of rotatable bonds is 4. The number of aromatic nitrogens is 3. The van der Waals surface area contributed by atoms with E-state index in [4.69, 9.17) is 4.84 Å². The van der Waals surface area contributed by atoms with Gasteiger partial charge in [-0.05, 0) is 55.7 Å². The van der Waals surface area contributed by atoms with Crippen molar-refractivity contribution in [3.8, 4) is 5.88 Å². The highest BCUT2D eigenvalue weighted by atomic mass is 32.2. The Hall–Kier alpha value is -3.05. The van der Waals surface area contributed by atoms with Crippen molar-refractivity contribution in [1.82, 2.24) is 25.3 Å². The fourth-order valence-corrected chi connectivity index (χ4v) is 4.61. The van der Waals surface area contributed by atoms with E-state index in [1.54, 1.807) is 18.3 Å². The smallest absolute Gasteiger partial charge is 0.290 e. The first-order valence-corrected chi connectivity index (χ1v) is 10.8. The summed E-state index contributed by atoms with van der Waals surface area (Å²) in [7, 11) is 0. The molecule has 2 amide bonds. The number of imide groups is 1. The van der Waals surface area contributed by atoms with E-state index < -0.39 is 5.91 Å². The summed E-state index contributed by atoms with van der Waals surface area (Å²) in [4.78, 5) is 41.8. The fraction of sp³-hybridized carbons (Fsp3) is 0.350. The Kier molecular flexibility index (Phi) is 5.28. The Labute approximate surface area is 181 Å². The monoisotopic (exact) mass is 442 g/mol. The average molecular weight is 442 g/mol. The summed E-state index contributed by atoms with van der Waals surface area (Å²) < 4.78 is 13.4. The van der Waals surface area contributed by atoms with Crippen LogP contribution in [0.3, 0.4) is 0 Å². The molecule has 0 unspecified atom stereocenters. The van der Waals surface area contributed by atoms with E-state index in [-0.39, 0.29) is 23.1 Å². The topological polar surface area (TPSA) is 109 Å². The minimum Gasteiger partial charge on any atom is -0.385 e. The molecule has 0 aromatic carbocycles. The van der Waals surface area contributed by atoms with Gasteiger partial charge in [0.25, 0.3) is 11.1 Å².